The van der Waals surface area contributed by atoms with Crippen LogP contribution in [0.4, 0.5) is 0 Å². The van der Waals surface area contributed by atoms with E-state index in [0.717, 1.165) is 12.0 Å². The normalized spacial score (nSPS) is 12.1. The van der Waals surface area contributed by atoms with Gasteiger partial charge in [-0.25, -0.2) is 5.43 Å². The molecule has 1 heterocycles. The van der Waals surface area contributed by atoms with Crippen molar-refractivity contribution in [3.63, 3.8) is 0 Å². The molecule has 0 saturated carbocycles. The van der Waals surface area contributed by atoms with E-state index in [9.17, 15) is 9.59 Å². The van der Waals surface area contributed by atoms with Crippen LogP contribution in [0.1, 0.15) is 24.5 Å². The lowest BCUT2D eigenvalue weighted by Gasteiger charge is -2.07. The van der Waals surface area contributed by atoms with Gasteiger partial charge in [-0.3, -0.25) is 9.59 Å². The molecule has 3 rings (SSSR count). The fourth-order valence-corrected chi connectivity index (χ4v) is 2.70. The predicted molar refractivity (Wildman–Crippen MR) is 107 cm³/mol. The van der Waals surface area contributed by atoms with E-state index in [1.54, 1.807) is 36.4 Å². The van der Waals surface area contributed by atoms with Crippen LogP contribution in [0.3, 0.4) is 0 Å². The molecule has 2 amide bonds. The van der Waals surface area contributed by atoms with Crippen molar-refractivity contribution in [2.45, 2.75) is 19.9 Å². The fraction of sp³-hybridized carbons (Fsp3) is 0.250. The minimum Gasteiger partial charge on any atom is -0.492 e. The number of halogens is 1. The third-order valence-electron chi connectivity index (χ3n) is 3.89. The van der Waals surface area contributed by atoms with Gasteiger partial charge in [0.15, 0.2) is 11.5 Å². The summed E-state index contributed by atoms with van der Waals surface area (Å²) in [6.07, 6.45) is 2.26. The van der Waals surface area contributed by atoms with Crippen LogP contribution < -0.4 is 25.0 Å². The van der Waals surface area contributed by atoms with Crippen LogP contribution in [0.2, 0.25) is 5.02 Å². The lowest BCUT2D eigenvalue weighted by atomic mass is 10.2. The van der Waals surface area contributed by atoms with Crippen LogP contribution in [0.5, 0.6) is 17.2 Å². The molecular weight excluding hydrogens is 398 g/mol. The molecule has 0 atom stereocenters. The maximum atomic E-state index is 11.9. The van der Waals surface area contributed by atoms with Crippen LogP contribution >= 0.6 is 11.6 Å². The number of fused-ring (bicyclic) bond motifs is 1. The molecule has 0 aliphatic carbocycles. The molecular formula is C20H20ClN3O5. The van der Waals surface area contributed by atoms with Gasteiger partial charge in [0, 0.05) is 6.54 Å². The number of hydrazone groups is 1. The molecule has 29 heavy (non-hydrogen) atoms. The monoisotopic (exact) mass is 417 g/mol. The van der Waals surface area contributed by atoms with Crippen LogP contribution in [0, 0.1) is 0 Å². The predicted octanol–water partition coefficient (Wildman–Crippen LogP) is 2.62. The molecule has 1 aliphatic heterocycles. The number of hydrogen-bond donors (Lipinski definition) is 2. The van der Waals surface area contributed by atoms with Gasteiger partial charge in [-0.15, -0.1) is 0 Å². The molecule has 2 aromatic rings. The molecule has 2 N–H and O–H groups in total. The second-order valence-electron chi connectivity index (χ2n) is 6.11. The van der Waals surface area contributed by atoms with Gasteiger partial charge in [-0.05, 0) is 47.9 Å². The number of amides is 2. The largest absolute Gasteiger partial charge is 0.492 e. The maximum absolute atomic E-state index is 11.9. The molecule has 0 fully saturated rings. The van der Waals surface area contributed by atoms with Gasteiger partial charge in [0.25, 0.3) is 0 Å². The number of carbonyl (C=O) groups excluding carboxylic acids is 2. The van der Waals surface area contributed by atoms with Crippen LogP contribution in [0.15, 0.2) is 41.5 Å². The number of ether oxygens (including phenoxy) is 3. The van der Waals surface area contributed by atoms with E-state index in [4.69, 9.17) is 25.8 Å². The molecule has 9 heteroatoms. The van der Waals surface area contributed by atoms with Crippen LogP contribution in [-0.4, -0.2) is 31.4 Å². The number of hydrogen-bond acceptors (Lipinski definition) is 6. The van der Waals surface area contributed by atoms with Crippen molar-refractivity contribution in [2.75, 3.05) is 13.4 Å². The van der Waals surface area contributed by atoms with Gasteiger partial charge in [-0.1, -0.05) is 24.6 Å². The topological polar surface area (TPSA) is 98.2 Å². The average Bonchev–Trinajstić information content (AvgIpc) is 3.19. The second kappa shape index (κ2) is 9.79. The van der Waals surface area contributed by atoms with Crippen LogP contribution in [-0.2, 0) is 16.1 Å². The molecule has 0 bridgehead atoms. The second-order valence-corrected chi connectivity index (χ2v) is 6.51. The lowest BCUT2D eigenvalue weighted by molar-refractivity contribution is -0.139. The van der Waals surface area contributed by atoms with Crippen molar-refractivity contribution >= 4 is 29.6 Å². The summed E-state index contributed by atoms with van der Waals surface area (Å²) in [5.41, 5.74) is 3.61. The van der Waals surface area contributed by atoms with E-state index >= 15 is 0 Å². The smallest absolute Gasteiger partial charge is 0.329 e. The highest BCUT2D eigenvalue weighted by atomic mass is 35.5. The SMILES string of the molecule is CCCOc1ccc(/C=N\NC(=O)C(=O)NCc2ccc3c(c2)OCO3)cc1Cl. The Morgan fingerprint density at radius 1 is 1.17 bits per heavy atom. The zero-order valence-corrected chi connectivity index (χ0v) is 16.5. The Bertz CT molecular complexity index is 932. The minimum atomic E-state index is -0.879. The zero-order chi connectivity index (χ0) is 20.6. The molecule has 0 spiro atoms. The molecule has 2 aromatic carbocycles. The Balaban J connectivity index is 1.47. The van der Waals surface area contributed by atoms with E-state index in [1.165, 1.54) is 6.21 Å². The standard InChI is InChI=1S/C20H20ClN3O5/c1-2-7-27-16-5-3-13(8-15(16)21)11-23-24-20(26)19(25)22-10-14-4-6-17-18(9-14)29-12-28-17/h3-6,8-9,11H,2,7,10,12H2,1H3,(H,22,25)(H,24,26)/b23-11-. The molecule has 0 aromatic heterocycles. The quantitative estimate of drug-likeness (QED) is 0.410. The highest BCUT2D eigenvalue weighted by Crippen LogP contribution is 2.32. The fourth-order valence-electron chi connectivity index (χ4n) is 2.46. The third kappa shape index (κ3) is 5.61. The minimum absolute atomic E-state index is 0.168. The molecule has 0 radical (unpaired) electrons. The summed E-state index contributed by atoms with van der Waals surface area (Å²) in [6, 6.07) is 10.4. The highest BCUT2D eigenvalue weighted by Gasteiger charge is 2.15. The summed E-state index contributed by atoms with van der Waals surface area (Å²) < 4.78 is 16.0. The molecule has 152 valence electrons. The Kier molecular flexibility index (Phi) is 6.91. The van der Waals surface area contributed by atoms with Crippen molar-refractivity contribution in [2.24, 2.45) is 5.10 Å². The third-order valence-corrected chi connectivity index (χ3v) is 4.19. The van der Waals surface area contributed by atoms with E-state index in [2.05, 4.69) is 15.8 Å². The van der Waals surface area contributed by atoms with Gasteiger partial charge >= 0.3 is 11.8 Å². The molecule has 0 unspecified atom stereocenters. The summed E-state index contributed by atoms with van der Waals surface area (Å²) in [5, 5.41) is 6.73. The lowest BCUT2D eigenvalue weighted by Crippen LogP contribution is -2.37. The molecule has 1 aliphatic rings. The highest BCUT2D eigenvalue weighted by molar-refractivity contribution is 6.35. The first-order valence-electron chi connectivity index (χ1n) is 8.99. The van der Waals surface area contributed by atoms with E-state index in [-0.39, 0.29) is 13.3 Å². The Morgan fingerprint density at radius 2 is 2.00 bits per heavy atom. The van der Waals surface area contributed by atoms with Crippen LogP contribution in [0.25, 0.3) is 0 Å². The Labute approximate surface area is 172 Å². The number of nitrogens with one attached hydrogen (secondary N) is 2. The van der Waals surface area contributed by atoms with Gasteiger partial charge in [0.05, 0.1) is 17.8 Å². The van der Waals surface area contributed by atoms with Gasteiger partial charge in [0.2, 0.25) is 6.79 Å². The summed E-state index contributed by atoms with van der Waals surface area (Å²) in [4.78, 5) is 23.8. The summed E-state index contributed by atoms with van der Waals surface area (Å²) in [5.74, 6) is 0.155. The van der Waals surface area contributed by atoms with Gasteiger partial charge in [0.1, 0.15) is 5.75 Å². The van der Waals surface area contributed by atoms with Gasteiger partial charge < -0.3 is 19.5 Å². The zero-order valence-electron chi connectivity index (χ0n) is 15.7. The average molecular weight is 418 g/mol. The van der Waals surface area contributed by atoms with E-state index in [0.29, 0.717) is 34.4 Å². The number of carbonyl (C=O) groups is 2. The first-order chi connectivity index (χ1) is 14.1. The number of rotatable bonds is 7. The first-order valence-corrected chi connectivity index (χ1v) is 9.36. The molecule has 8 nitrogen and oxygen atoms in total. The van der Waals surface area contributed by atoms with Crippen molar-refractivity contribution in [1.29, 1.82) is 0 Å². The summed E-state index contributed by atoms with van der Waals surface area (Å²) in [6.45, 7) is 2.92. The number of benzene rings is 2. The Morgan fingerprint density at radius 3 is 2.79 bits per heavy atom. The Hall–Kier alpha value is -3.26. The van der Waals surface area contributed by atoms with Gasteiger partial charge in [-0.2, -0.15) is 5.10 Å². The number of nitrogens with zero attached hydrogens (tertiary/aromatic N) is 1. The van der Waals surface area contributed by atoms with E-state index in [1.807, 2.05) is 6.92 Å². The maximum Gasteiger partial charge on any atom is 0.329 e. The van der Waals surface area contributed by atoms with Crippen molar-refractivity contribution in [1.82, 2.24) is 10.7 Å². The van der Waals surface area contributed by atoms with Crippen molar-refractivity contribution < 1.29 is 23.8 Å². The first kappa shape index (κ1) is 20.5. The summed E-state index contributed by atoms with van der Waals surface area (Å²) >= 11 is 6.14. The molecule has 0 saturated heterocycles. The van der Waals surface area contributed by atoms with E-state index < -0.39 is 11.8 Å². The van der Waals surface area contributed by atoms with Crippen molar-refractivity contribution in [3.05, 3.63) is 52.5 Å². The van der Waals surface area contributed by atoms with Crippen molar-refractivity contribution in [3.8, 4) is 17.2 Å². The summed E-state index contributed by atoms with van der Waals surface area (Å²) in [7, 11) is 0.